The van der Waals surface area contributed by atoms with Crippen LogP contribution >= 0.6 is 0 Å². The molecule has 1 heterocycles. The minimum absolute atomic E-state index is 0.108. The van der Waals surface area contributed by atoms with Gasteiger partial charge in [0.05, 0.1) is 22.8 Å². The summed E-state index contributed by atoms with van der Waals surface area (Å²) in [6, 6.07) is 16.2. The fraction of sp³-hybridized carbons (Fsp3) is 0.160. The highest BCUT2D eigenvalue weighted by Gasteiger charge is 2.44. The lowest BCUT2D eigenvalue weighted by molar-refractivity contribution is -0.385. The molecule has 3 aromatic rings. The van der Waals surface area contributed by atoms with Gasteiger partial charge in [-0.3, -0.25) is 29.4 Å². The Hall–Kier alpha value is -4.73. The standard InChI is InChI=1S/C25H21N3O7/c1-3-34-16-11-13-17(14-12-16)35-21-10-5-4-8-19(21)26-23(29)15(2)27-24(30)18-7-6-9-20(28(32)33)22(18)25(27)31/h4-15H,3H2,1-2H3,(H,26,29)/t15-/m0/s1. The van der Waals surface area contributed by atoms with Gasteiger partial charge in [0.1, 0.15) is 23.1 Å². The lowest BCUT2D eigenvalue weighted by atomic mass is 10.1. The zero-order valence-corrected chi connectivity index (χ0v) is 18.9. The maximum atomic E-state index is 13.0. The van der Waals surface area contributed by atoms with E-state index in [-0.39, 0.29) is 11.1 Å². The summed E-state index contributed by atoms with van der Waals surface area (Å²) in [7, 11) is 0. The molecule has 0 aromatic heterocycles. The molecule has 1 N–H and O–H groups in total. The zero-order valence-electron chi connectivity index (χ0n) is 18.9. The number of para-hydroxylation sites is 2. The third-order valence-electron chi connectivity index (χ3n) is 5.40. The number of rotatable bonds is 8. The highest BCUT2D eigenvalue weighted by atomic mass is 16.6. The molecule has 0 bridgehead atoms. The van der Waals surface area contributed by atoms with Crippen LogP contribution in [-0.2, 0) is 4.79 Å². The SMILES string of the molecule is CCOc1ccc(Oc2ccccc2NC(=O)[C@H](C)N2C(=O)c3cccc([N+](=O)[O-])c3C2=O)cc1. The van der Waals surface area contributed by atoms with Gasteiger partial charge in [0.15, 0.2) is 5.75 Å². The normalized spacial score (nSPS) is 13.3. The van der Waals surface area contributed by atoms with E-state index >= 15 is 0 Å². The molecule has 0 saturated heterocycles. The van der Waals surface area contributed by atoms with Gasteiger partial charge in [-0.15, -0.1) is 0 Å². The Morgan fingerprint density at radius 3 is 2.37 bits per heavy atom. The zero-order chi connectivity index (χ0) is 25.1. The number of nitrogens with one attached hydrogen (secondary N) is 1. The molecule has 1 atom stereocenters. The van der Waals surface area contributed by atoms with Crippen molar-refractivity contribution < 1.29 is 28.8 Å². The average Bonchev–Trinajstić information content (AvgIpc) is 3.11. The van der Waals surface area contributed by atoms with Crippen molar-refractivity contribution in [3.63, 3.8) is 0 Å². The number of hydrogen-bond donors (Lipinski definition) is 1. The maximum absolute atomic E-state index is 13.0. The second kappa shape index (κ2) is 9.64. The summed E-state index contributed by atoms with van der Waals surface area (Å²) < 4.78 is 11.3. The summed E-state index contributed by atoms with van der Waals surface area (Å²) in [6.45, 7) is 3.79. The van der Waals surface area contributed by atoms with Crippen LogP contribution in [0.5, 0.6) is 17.2 Å². The number of fused-ring (bicyclic) bond motifs is 1. The third-order valence-corrected chi connectivity index (χ3v) is 5.40. The van der Waals surface area contributed by atoms with Crippen LogP contribution < -0.4 is 14.8 Å². The first kappa shape index (κ1) is 23.4. The van der Waals surface area contributed by atoms with E-state index in [9.17, 15) is 24.5 Å². The number of hydrogen-bond acceptors (Lipinski definition) is 7. The fourth-order valence-corrected chi connectivity index (χ4v) is 3.70. The molecule has 0 fully saturated rings. The van der Waals surface area contributed by atoms with E-state index in [4.69, 9.17) is 9.47 Å². The molecule has 10 heteroatoms. The Balaban J connectivity index is 1.53. The van der Waals surface area contributed by atoms with Gasteiger partial charge >= 0.3 is 0 Å². The molecule has 1 aliphatic rings. The van der Waals surface area contributed by atoms with E-state index in [0.29, 0.717) is 29.5 Å². The summed E-state index contributed by atoms with van der Waals surface area (Å²) in [5, 5.41) is 14.0. The molecular weight excluding hydrogens is 454 g/mol. The maximum Gasteiger partial charge on any atom is 0.282 e. The van der Waals surface area contributed by atoms with Crippen molar-refractivity contribution >= 4 is 29.1 Å². The number of nitro benzene ring substituents is 1. The largest absolute Gasteiger partial charge is 0.494 e. The number of ether oxygens (including phenoxy) is 2. The number of amides is 3. The molecule has 1 aliphatic heterocycles. The summed E-state index contributed by atoms with van der Waals surface area (Å²) >= 11 is 0. The van der Waals surface area contributed by atoms with Gasteiger partial charge in [0.25, 0.3) is 17.5 Å². The van der Waals surface area contributed by atoms with E-state index in [1.807, 2.05) is 6.92 Å². The number of nitrogens with zero attached hydrogens (tertiary/aromatic N) is 2. The van der Waals surface area contributed by atoms with Crippen LogP contribution in [0.4, 0.5) is 11.4 Å². The first-order valence-corrected chi connectivity index (χ1v) is 10.8. The van der Waals surface area contributed by atoms with E-state index in [1.54, 1.807) is 48.5 Å². The van der Waals surface area contributed by atoms with Gasteiger partial charge in [-0.25, -0.2) is 0 Å². The first-order valence-electron chi connectivity index (χ1n) is 10.8. The Kier molecular flexibility index (Phi) is 6.45. The summed E-state index contributed by atoms with van der Waals surface area (Å²) in [5.41, 5.74) is -0.588. The van der Waals surface area contributed by atoms with Crippen molar-refractivity contribution in [2.24, 2.45) is 0 Å². The van der Waals surface area contributed by atoms with Crippen molar-refractivity contribution in [2.45, 2.75) is 19.9 Å². The topological polar surface area (TPSA) is 128 Å². The number of carbonyl (C=O) groups excluding carboxylic acids is 3. The van der Waals surface area contributed by atoms with Crippen LogP contribution in [0.3, 0.4) is 0 Å². The molecule has 178 valence electrons. The highest BCUT2D eigenvalue weighted by molar-refractivity contribution is 6.24. The van der Waals surface area contributed by atoms with Crippen LogP contribution in [-0.4, -0.2) is 40.2 Å². The number of anilines is 1. The summed E-state index contributed by atoms with van der Waals surface area (Å²) in [6.07, 6.45) is 0. The van der Waals surface area contributed by atoms with Gasteiger partial charge in [-0.05, 0) is 56.3 Å². The molecule has 10 nitrogen and oxygen atoms in total. The number of benzene rings is 3. The number of carbonyl (C=O) groups is 3. The Bertz CT molecular complexity index is 1320. The van der Waals surface area contributed by atoms with Crippen LogP contribution in [0.2, 0.25) is 0 Å². The van der Waals surface area contributed by atoms with Crippen LogP contribution in [0.25, 0.3) is 0 Å². The molecule has 0 spiro atoms. The smallest absolute Gasteiger partial charge is 0.282 e. The van der Waals surface area contributed by atoms with E-state index < -0.39 is 34.4 Å². The minimum Gasteiger partial charge on any atom is -0.494 e. The predicted molar refractivity (Wildman–Crippen MR) is 126 cm³/mol. The van der Waals surface area contributed by atoms with Crippen molar-refractivity contribution in [3.8, 4) is 17.2 Å². The molecule has 0 radical (unpaired) electrons. The molecule has 3 amide bonds. The molecule has 35 heavy (non-hydrogen) atoms. The van der Waals surface area contributed by atoms with Crippen molar-refractivity contribution in [1.82, 2.24) is 4.90 Å². The Morgan fingerprint density at radius 2 is 1.69 bits per heavy atom. The quantitative estimate of drug-likeness (QED) is 0.290. The fourth-order valence-electron chi connectivity index (χ4n) is 3.70. The minimum atomic E-state index is -1.24. The van der Waals surface area contributed by atoms with Crippen molar-refractivity contribution in [2.75, 3.05) is 11.9 Å². The van der Waals surface area contributed by atoms with Gasteiger partial charge in [0, 0.05) is 6.07 Å². The molecular formula is C25H21N3O7. The lowest BCUT2D eigenvalue weighted by Gasteiger charge is -2.22. The highest BCUT2D eigenvalue weighted by Crippen LogP contribution is 2.33. The number of nitro groups is 1. The van der Waals surface area contributed by atoms with Crippen LogP contribution in [0.1, 0.15) is 34.6 Å². The van der Waals surface area contributed by atoms with Crippen LogP contribution in [0.15, 0.2) is 66.7 Å². The molecule has 3 aromatic carbocycles. The average molecular weight is 475 g/mol. The van der Waals surface area contributed by atoms with Crippen molar-refractivity contribution in [3.05, 3.63) is 88.0 Å². The van der Waals surface area contributed by atoms with E-state index in [1.165, 1.54) is 19.1 Å². The number of imide groups is 1. The Labute approximate surface area is 200 Å². The first-order chi connectivity index (χ1) is 16.8. The van der Waals surface area contributed by atoms with Gasteiger partial charge < -0.3 is 14.8 Å². The molecule has 0 saturated carbocycles. The van der Waals surface area contributed by atoms with E-state index in [2.05, 4.69) is 5.32 Å². The predicted octanol–water partition coefficient (Wildman–Crippen LogP) is 4.41. The lowest BCUT2D eigenvalue weighted by Crippen LogP contribution is -2.45. The molecule has 0 aliphatic carbocycles. The van der Waals surface area contributed by atoms with Gasteiger partial charge in [0.2, 0.25) is 5.91 Å². The monoisotopic (exact) mass is 475 g/mol. The molecule has 4 rings (SSSR count). The molecule has 0 unspecified atom stereocenters. The Morgan fingerprint density at radius 1 is 1.00 bits per heavy atom. The summed E-state index contributed by atoms with van der Waals surface area (Å²) in [5.74, 6) is -0.776. The van der Waals surface area contributed by atoms with Gasteiger partial charge in [-0.1, -0.05) is 18.2 Å². The third kappa shape index (κ3) is 4.54. The van der Waals surface area contributed by atoms with E-state index in [0.717, 1.165) is 11.0 Å². The van der Waals surface area contributed by atoms with Crippen LogP contribution in [0, 0.1) is 10.1 Å². The second-order valence-corrected chi connectivity index (χ2v) is 7.60. The van der Waals surface area contributed by atoms with Gasteiger partial charge in [-0.2, -0.15) is 0 Å². The van der Waals surface area contributed by atoms with Crippen molar-refractivity contribution in [1.29, 1.82) is 0 Å². The second-order valence-electron chi connectivity index (χ2n) is 7.60. The summed E-state index contributed by atoms with van der Waals surface area (Å²) in [4.78, 5) is 50.1.